The summed E-state index contributed by atoms with van der Waals surface area (Å²) in [6, 6.07) is 0.831. The molecular weight excluding hydrogens is 192 g/mol. The molecule has 92 valence electrons. The first kappa shape index (κ1) is 14.8. The van der Waals surface area contributed by atoms with Gasteiger partial charge in [-0.15, -0.1) is 0 Å². The zero-order valence-electron chi connectivity index (χ0n) is 10.7. The van der Waals surface area contributed by atoms with Gasteiger partial charge in [0.25, 0.3) is 0 Å². The average molecular weight is 218 g/mol. The van der Waals surface area contributed by atoms with Gasteiger partial charge in [0.15, 0.2) is 0 Å². The molecule has 0 amide bonds. The third-order valence-corrected chi connectivity index (χ3v) is 2.53. The number of likely N-dealkylation sites (N-methyl/N-ethyl adjacent to an activating group) is 2. The fourth-order valence-electron chi connectivity index (χ4n) is 1.56. The summed E-state index contributed by atoms with van der Waals surface area (Å²) in [5, 5.41) is 3.40. The van der Waals surface area contributed by atoms with E-state index in [9.17, 15) is 0 Å². The van der Waals surface area contributed by atoms with Crippen LogP contribution >= 0.6 is 0 Å². The van der Waals surface area contributed by atoms with Crippen LogP contribution in [0.25, 0.3) is 0 Å². The lowest BCUT2D eigenvalue weighted by molar-refractivity contribution is 0.0928. The van der Waals surface area contributed by atoms with Gasteiger partial charge in [-0.25, -0.2) is 0 Å². The van der Waals surface area contributed by atoms with Gasteiger partial charge < -0.3 is 14.8 Å². The highest BCUT2D eigenvalue weighted by Crippen LogP contribution is 1.98. The number of hydrogen-bond donors (Lipinski definition) is 1. The van der Waals surface area contributed by atoms with Crippen LogP contribution in [-0.2, 0) is 9.47 Å². The molecule has 0 aliphatic heterocycles. The van der Waals surface area contributed by atoms with Gasteiger partial charge >= 0.3 is 0 Å². The molecule has 4 heteroatoms. The van der Waals surface area contributed by atoms with Crippen molar-refractivity contribution in [1.29, 1.82) is 0 Å². The van der Waals surface area contributed by atoms with E-state index in [0.717, 1.165) is 26.3 Å². The fourth-order valence-corrected chi connectivity index (χ4v) is 1.56. The molecule has 0 bridgehead atoms. The Morgan fingerprint density at radius 3 is 2.27 bits per heavy atom. The highest BCUT2D eigenvalue weighted by molar-refractivity contribution is 4.72. The van der Waals surface area contributed by atoms with Crippen molar-refractivity contribution in [1.82, 2.24) is 10.2 Å². The summed E-state index contributed by atoms with van der Waals surface area (Å²) in [5.74, 6) is 0. The molecule has 0 heterocycles. The zero-order valence-corrected chi connectivity index (χ0v) is 10.7. The van der Waals surface area contributed by atoms with E-state index in [2.05, 4.69) is 31.1 Å². The molecule has 1 N–H and O–H groups in total. The third-order valence-electron chi connectivity index (χ3n) is 2.53. The van der Waals surface area contributed by atoms with Gasteiger partial charge in [0.1, 0.15) is 0 Å². The topological polar surface area (TPSA) is 33.7 Å². The number of nitrogens with one attached hydrogen (secondary N) is 1. The fraction of sp³-hybridized carbons (Fsp3) is 1.00. The van der Waals surface area contributed by atoms with E-state index in [1.807, 2.05) is 0 Å². The van der Waals surface area contributed by atoms with Gasteiger partial charge in [0.05, 0.1) is 13.2 Å². The first-order valence-electron chi connectivity index (χ1n) is 5.57. The SMILES string of the molecule is CCNC(COC)CN(C)C(C)COC. The highest BCUT2D eigenvalue weighted by Gasteiger charge is 2.14. The van der Waals surface area contributed by atoms with Crippen LogP contribution in [0.5, 0.6) is 0 Å². The number of nitrogens with zero attached hydrogens (tertiary/aromatic N) is 1. The molecule has 0 spiro atoms. The monoisotopic (exact) mass is 218 g/mol. The predicted molar refractivity (Wildman–Crippen MR) is 63.3 cm³/mol. The van der Waals surface area contributed by atoms with Crippen LogP contribution in [-0.4, -0.2) is 64.6 Å². The van der Waals surface area contributed by atoms with Gasteiger partial charge in [-0.2, -0.15) is 0 Å². The van der Waals surface area contributed by atoms with E-state index in [1.165, 1.54) is 0 Å². The maximum absolute atomic E-state index is 5.18. The number of methoxy groups -OCH3 is 2. The van der Waals surface area contributed by atoms with Crippen molar-refractivity contribution in [3.63, 3.8) is 0 Å². The Kier molecular flexibility index (Phi) is 9.00. The minimum Gasteiger partial charge on any atom is -0.383 e. The van der Waals surface area contributed by atoms with Gasteiger partial charge in [-0.3, -0.25) is 4.90 Å². The highest BCUT2D eigenvalue weighted by atomic mass is 16.5. The quantitative estimate of drug-likeness (QED) is 0.614. The van der Waals surface area contributed by atoms with Crippen molar-refractivity contribution < 1.29 is 9.47 Å². The Hall–Kier alpha value is -0.160. The lowest BCUT2D eigenvalue weighted by Gasteiger charge is -2.28. The lowest BCUT2D eigenvalue weighted by Crippen LogP contribution is -2.46. The molecule has 0 rings (SSSR count). The van der Waals surface area contributed by atoms with E-state index in [0.29, 0.717) is 12.1 Å². The largest absolute Gasteiger partial charge is 0.383 e. The Labute approximate surface area is 93.9 Å². The summed E-state index contributed by atoms with van der Waals surface area (Å²) in [6.07, 6.45) is 0. The molecule has 0 radical (unpaired) electrons. The van der Waals surface area contributed by atoms with Crippen molar-refractivity contribution in [3.05, 3.63) is 0 Å². The predicted octanol–water partition coefficient (Wildman–Crippen LogP) is 0.578. The van der Waals surface area contributed by atoms with Gasteiger partial charge in [-0.05, 0) is 20.5 Å². The molecule has 2 unspecified atom stereocenters. The zero-order chi connectivity index (χ0) is 11.7. The van der Waals surface area contributed by atoms with Crippen molar-refractivity contribution in [2.75, 3.05) is 47.6 Å². The van der Waals surface area contributed by atoms with E-state index in [1.54, 1.807) is 14.2 Å². The van der Waals surface area contributed by atoms with Crippen LogP contribution in [0.1, 0.15) is 13.8 Å². The summed E-state index contributed by atoms with van der Waals surface area (Å²) in [5.41, 5.74) is 0. The summed E-state index contributed by atoms with van der Waals surface area (Å²) in [6.45, 7) is 7.74. The molecule has 4 nitrogen and oxygen atoms in total. The first-order valence-corrected chi connectivity index (χ1v) is 5.57. The molecule has 0 aliphatic rings. The summed E-state index contributed by atoms with van der Waals surface area (Å²) >= 11 is 0. The van der Waals surface area contributed by atoms with Crippen LogP contribution in [0.2, 0.25) is 0 Å². The van der Waals surface area contributed by atoms with E-state index >= 15 is 0 Å². The maximum Gasteiger partial charge on any atom is 0.0628 e. The van der Waals surface area contributed by atoms with Crippen LogP contribution < -0.4 is 5.32 Å². The smallest absolute Gasteiger partial charge is 0.0628 e. The molecule has 15 heavy (non-hydrogen) atoms. The number of hydrogen-bond acceptors (Lipinski definition) is 4. The van der Waals surface area contributed by atoms with Crippen LogP contribution in [0.3, 0.4) is 0 Å². The van der Waals surface area contributed by atoms with Crippen LogP contribution in [0.15, 0.2) is 0 Å². The molecule has 0 saturated heterocycles. The second kappa shape index (κ2) is 9.09. The third kappa shape index (κ3) is 6.84. The van der Waals surface area contributed by atoms with Gasteiger partial charge in [0.2, 0.25) is 0 Å². The van der Waals surface area contributed by atoms with E-state index in [-0.39, 0.29) is 0 Å². The number of ether oxygens (including phenoxy) is 2. The summed E-state index contributed by atoms with van der Waals surface area (Å²) in [7, 11) is 5.59. The Bertz CT molecular complexity index is 139. The average Bonchev–Trinajstić information content (AvgIpc) is 2.18. The standard InChI is InChI=1S/C11H26N2O2/c1-6-12-11(9-15-5)7-13(3)10(2)8-14-4/h10-12H,6-9H2,1-5H3. The molecule has 0 aromatic rings. The minimum absolute atomic E-state index is 0.393. The van der Waals surface area contributed by atoms with Crippen molar-refractivity contribution in [2.24, 2.45) is 0 Å². The van der Waals surface area contributed by atoms with Gasteiger partial charge in [-0.1, -0.05) is 6.92 Å². The Balaban J connectivity index is 3.91. The van der Waals surface area contributed by atoms with E-state index in [4.69, 9.17) is 9.47 Å². The Morgan fingerprint density at radius 2 is 1.80 bits per heavy atom. The molecule has 0 aromatic heterocycles. The second-order valence-electron chi connectivity index (χ2n) is 3.95. The second-order valence-corrected chi connectivity index (χ2v) is 3.95. The van der Waals surface area contributed by atoms with Crippen LogP contribution in [0.4, 0.5) is 0 Å². The number of rotatable bonds is 9. The molecule has 0 saturated carbocycles. The normalized spacial score (nSPS) is 15.6. The molecule has 0 fully saturated rings. The van der Waals surface area contributed by atoms with Crippen LogP contribution in [0, 0.1) is 0 Å². The minimum atomic E-state index is 0.393. The first-order chi connectivity index (χ1) is 7.15. The maximum atomic E-state index is 5.18. The van der Waals surface area contributed by atoms with Crippen molar-refractivity contribution in [2.45, 2.75) is 25.9 Å². The summed E-state index contributed by atoms with van der Waals surface area (Å²) < 4.78 is 10.3. The van der Waals surface area contributed by atoms with E-state index < -0.39 is 0 Å². The van der Waals surface area contributed by atoms with Crippen molar-refractivity contribution >= 4 is 0 Å². The van der Waals surface area contributed by atoms with Crippen molar-refractivity contribution in [3.8, 4) is 0 Å². The Morgan fingerprint density at radius 1 is 1.20 bits per heavy atom. The molecule has 0 aromatic carbocycles. The summed E-state index contributed by atoms with van der Waals surface area (Å²) in [4.78, 5) is 2.29. The molecule has 2 atom stereocenters. The lowest BCUT2D eigenvalue weighted by atomic mass is 10.2. The molecule has 0 aliphatic carbocycles. The van der Waals surface area contributed by atoms with Gasteiger partial charge in [0, 0.05) is 32.8 Å². The molecular formula is C11H26N2O2.